The minimum atomic E-state index is -0.658. The molecule has 1 aromatic carbocycles. The molecule has 6 heteroatoms. The van der Waals surface area contributed by atoms with Gasteiger partial charge in [-0.1, -0.05) is 12.1 Å². The van der Waals surface area contributed by atoms with Gasteiger partial charge >= 0.3 is 0 Å². The summed E-state index contributed by atoms with van der Waals surface area (Å²) in [4.78, 5) is 18.5. The zero-order valence-corrected chi connectivity index (χ0v) is 13.3. The van der Waals surface area contributed by atoms with E-state index >= 15 is 0 Å². The smallest absolute Gasteiger partial charge is 0.254 e. The first kappa shape index (κ1) is 15.7. The third-order valence-electron chi connectivity index (χ3n) is 4.06. The fourth-order valence-corrected chi connectivity index (χ4v) is 2.82. The van der Waals surface area contributed by atoms with Crippen molar-refractivity contribution in [3.63, 3.8) is 0 Å². The van der Waals surface area contributed by atoms with Gasteiger partial charge in [-0.25, -0.2) is 9.45 Å². The molecule has 1 fully saturated rings. The zero-order valence-electron chi connectivity index (χ0n) is 13.3. The van der Waals surface area contributed by atoms with Gasteiger partial charge in [0.2, 0.25) is 0 Å². The van der Waals surface area contributed by atoms with Crippen LogP contribution >= 0.6 is 0 Å². The average Bonchev–Trinajstić information content (AvgIpc) is 3.18. The molecule has 1 aliphatic rings. The van der Waals surface area contributed by atoms with Crippen molar-refractivity contribution in [1.29, 1.82) is 0 Å². The molecule has 0 radical (unpaired) electrons. The van der Waals surface area contributed by atoms with Crippen LogP contribution in [0.1, 0.15) is 31.9 Å². The number of aromatic nitrogens is 2. The third kappa shape index (κ3) is 3.27. The summed E-state index contributed by atoms with van der Waals surface area (Å²) < 4.78 is 14.8. The maximum Gasteiger partial charge on any atom is 0.254 e. The molecule has 0 unspecified atom stereocenters. The van der Waals surface area contributed by atoms with Crippen LogP contribution in [0.5, 0.6) is 0 Å². The Hall–Kier alpha value is -2.21. The van der Waals surface area contributed by atoms with Gasteiger partial charge < -0.3 is 0 Å². The second-order valence-electron chi connectivity index (χ2n) is 6.41. The van der Waals surface area contributed by atoms with Crippen molar-refractivity contribution in [2.24, 2.45) is 5.41 Å². The van der Waals surface area contributed by atoms with Crippen LogP contribution in [-0.4, -0.2) is 27.4 Å². The van der Waals surface area contributed by atoms with E-state index in [1.807, 2.05) is 26.1 Å². The topological polar surface area (TPSA) is 47.4 Å². The lowest BCUT2D eigenvalue weighted by molar-refractivity contribution is -0.187. The number of hydrogen-bond acceptors (Lipinski definition) is 3. The first-order chi connectivity index (χ1) is 11.0. The van der Waals surface area contributed by atoms with Crippen LogP contribution in [0.3, 0.4) is 0 Å². The highest BCUT2D eigenvalue weighted by atomic mass is 19.1. The Bertz CT molecular complexity index is 668. The molecule has 1 saturated heterocycles. The molecule has 122 valence electrons. The Labute approximate surface area is 134 Å². The molecule has 0 saturated carbocycles. The minimum Gasteiger partial charge on any atom is -0.272 e. The molecule has 23 heavy (non-hydrogen) atoms. The number of hydrogen-bond donors (Lipinski definition) is 0. The number of benzene rings is 1. The van der Waals surface area contributed by atoms with Gasteiger partial charge in [-0.3, -0.25) is 14.3 Å². The van der Waals surface area contributed by atoms with E-state index in [4.69, 9.17) is 4.84 Å². The maximum atomic E-state index is 13.1. The monoisotopic (exact) mass is 317 g/mol. The van der Waals surface area contributed by atoms with Crippen molar-refractivity contribution in [3.8, 4) is 0 Å². The maximum absolute atomic E-state index is 13.1. The summed E-state index contributed by atoms with van der Waals surface area (Å²) in [5.41, 5.74) is 0.224. The summed E-state index contributed by atoms with van der Waals surface area (Å²) in [7, 11) is 0. The molecule has 1 aliphatic heterocycles. The summed E-state index contributed by atoms with van der Waals surface area (Å²) in [5.74, 6) is -0.385. The highest BCUT2D eigenvalue weighted by Crippen LogP contribution is 2.34. The van der Waals surface area contributed by atoms with Crippen LogP contribution in [0, 0.1) is 11.2 Å². The Morgan fingerprint density at radius 2 is 2.13 bits per heavy atom. The number of amides is 1. The van der Waals surface area contributed by atoms with Crippen molar-refractivity contribution in [3.05, 3.63) is 54.1 Å². The number of nitrogens with zero attached hydrogens (tertiary/aromatic N) is 3. The van der Waals surface area contributed by atoms with Crippen LogP contribution in [0.2, 0.25) is 0 Å². The normalized spacial score (nSPS) is 18.4. The highest BCUT2D eigenvalue weighted by Gasteiger charge is 2.40. The molecular formula is C17H20FN3O2. The van der Waals surface area contributed by atoms with Gasteiger partial charge in [-0.05, 0) is 37.6 Å². The van der Waals surface area contributed by atoms with Crippen LogP contribution in [0.4, 0.5) is 4.39 Å². The largest absolute Gasteiger partial charge is 0.272 e. The van der Waals surface area contributed by atoms with Crippen LogP contribution in [0.15, 0.2) is 42.7 Å². The Balaban J connectivity index is 1.78. The number of hydroxylamine groups is 2. The van der Waals surface area contributed by atoms with Gasteiger partial charge in [0.1, 0.15) is 5.82 Å². The number of carbonyl (C=O) groups is 1. The molecule has 3 rings (SSSR count). The molecular weight excluding hydrogens is 297 g/mol. The number of halogens is 1. The van der Waals surface area contributed by atoms with E-state index < -0.39 is 5.41 Å². The van der Waals surface area contributed by atoms with Crippen LogP contribution < -0.4 is 0 Å². The fourth-order valence-electron chi connectivity index (χ4n) is 2.82. The molecule has 0 bridgehead atoms. The first-order valence-corrected chi connectivity index (χ1v) is 7.67. The number of carbonyl (C=O) groups excluding carboxylic acids is 1. The van der Waals surface area contributed by atoms with Gasteiger partial charge in [-0.2, -0.15) is 5.10 Å². The summed E-state index contributed by atoms with van der Waals surface area (Å²) in [6.45, 7) is 4.70. The van der Waals surface area contributed by atoms with E-state index in [1.54, 1.807) is 23.0 Å². The average molecular weight is 317 g/mol. The van der Waals surface area contributed by atoms with Crippen LogP contribution in [0.25, 0.3) is 0 Å². The van der Waals surface area contributed by atoms with E-state index in [2.05, 4.69) is 5.10 Å². The number of rotatable bonds is 4. The van der Waals surface area contributed by atoms with Crippen molar-refractivity contribution < 1.29 is 14.0 Å². The Morgan fingerprint density at radius 1 is 1.39 bits per heavy atom. The second kappa shape index (κ2) is 6.12. The van der Waals surface area contributed by atoms with Crippen LogP contribution in [-0.2, 0) is 16.2 Å². The summed E-state index contributed by atoms with van der Waals surface area (Å²) >= 11 is 0. The molecule has 5 nitrogen and oxygen atoms in total. The third-order valence-corrected chi connectivity index (χ3v) is 4.06. The second-order valence-corrected chi connectivity index (χ2v) is 6.41. The lowest BCUT2D eigenvalue weighted by atomic mass is 9.91. The van der Waals surface area contributed by atoms with Gasteiger partial charge in [0.15, 0.2) is 0 Å². The van der Waals surface area contributed by atoms with Gasteiger partial charge in [0.25, 0.3) is 5.91 Å². The van der Waals surface area contributed by atoms with Gasteiger partial charge in [-0.15, -0.1) is 0 Å². The summed E-state index contributed by atoms with van der Waals surface area (Å²) in [5, 5.41) is 5.60. The molecule has 0 N–H and O–H groups in total. The fraction of sp³-hybridized carbons (Fsp3) is 0.412. The molecule has 2 aromatic rings. The summed E-state index contributed by atoms with van der Waals surface area (Å²) in [6, 6.07) is 7.87. The Kier molecular flexibility index (Phi) is 4.17. The first-order valence-electron chi connectivity index (χ1n) is 7.67. The highest BCUT2D eigenvalue weighted by molar-refractivity contribution is 5.81. The van der Waals surface area contributed by atoms with Crippen molar-refractivity contribution in [1.82, 2.24) is 14.8 Å². The predicted molar refractivity (Wildman–Crippen MR) is 82.6 cm³/mol. The standard InChI is InChI=1S/C17H20FN3O2/c1-17(2,12-20-10-3-9-19-20)16(22)21-15(8-11-23-21)13-4-6-14(18)7-5-13/h3-7,9-10,15H,8,11-12H2,1-2H3/t15-/m0/s1. The lowest BCUT2D eigenvalue weighted by Gasteiger charge is -2.31. The predicted octanol–water partition coefficient (Wildman–Crippen LogP) is 2.95. The van der Waals surface area contributed by atoms with Gasteiger partial charge in [0, 0.05) is 18.8 Å². The lowest BCUT2D eigenvalue weighted by Crippen LogP contribution is -2.42. The zero-order chi connectivity index (χ0) is 16.4. The van der Waals surface area contributed by atoms with E-state index in [1.165, 1.54) is 17.2 Å². The van der Waals surface area contributed by atoms with Crippen molar-refractivity contribution >= 4 is 5.91 Å². The molecule has 1 aromatic heterocycles. The van der Waals surface area contributed by atoms with E-state index in [0.717, 1.165) is 5.56 Å². The summed E-state index contributed by atoms with van der Waals surface area (Å²) in [6.07, 6.45) is 4.22. The molecule has 2 heterocycles. The van der Waals surface area contributed by atoms with Crippen molar-refractivity contribution in [2.45, 2.75) is 32.9 Å². The van der Waals surface area contributed by atoms with E-state index in [0.29, 0.717) is 19.6 Å². The van der Waals surface area contributed by atoms with E-state index in [9.17, 15) is 9.18 Å². The SMILES string of the molecule is CC(C)(Cn1cccn1)C(=O)N1OCC[C@H]1c1ccc(F)cc1. The molecule has 1 atom stereocenters. The molecule has 0 spiro atoms. The van der Waals surface area contributed by atoms with Gasteiger partial charge in [0.05, 0.1) is 24.6 Å². The molecule has 0 aliphatic carbocycles. The van der Waals surface area contributed by atoms with Crippen molar-refractivity contribution in [2.75, 3.05) is 6.61 Å². The Morgan fingerprint density at radius 3 is 2.78 bits per heavy atom. The van der Waals surface area contributed by atoms with E-state index in [-0.39, 0.29) is 17.8 Å². The minimum absolute atomic E-state index is 0.0974. The molecule has 1 amide bonds. The quantitative estimate of drug-likeness (QED) is 0.871.